The molecule has 6 heteroatoms. The Kier molecular flexibility index (Phi) is 3.94. The molecular formula is C14H12F5N. The van der Waals surface area contributed by atoms with Gasteiger partial charge in [0.1, 0.15) is 11.9 Å². The summed E-state index contributed by atoms with van der Waals surface area (Å²) in [7, 11) is 1.17. The molecule has 1 N–H and O–H groups in total. The van der Waals surface area contributed by atoms with Gasteiger partial charge in [-0.2, -0.15) is 8.78 Å². The average Bonchev–Trinajstić information content (AvgIpc) is 2.42. The van der Waals surface area contributed by atoms with Crippen LogP contribution in [0.3, 0.4) is 0 Å². The highest BCUT2D eigenvalue weighted by molar-refractivity contribution is 5.86. The number of nitrogens with one attached hydrogen (secondary N) is 1. The van der Waals surface area contributed by atoms with Crippen molar-refractivity contribution in [2.75, 3.05) is 7.05 Å². The highest BCUT2D eigenvalue weighted by Gasteiger charge is 2.49. The van der Waals surface area contributed by atoms with E-state index >= 15 is 0 Å². The molecule has 108 valence electrons. The minimum atomic E-state index is -4.25. The predicted molar refractivity (Wildman–Crippen MR) is 66.7 cm³/mol. The zero-order valence-electron chi connectivity index (χ0n) is 10.5. The lowest BCUT2D eigenvalue weighted by molar-refractivity contribution is -0.150. The molecular weight excluding hydrogens is 277 g/mol. The van der Waals surface area contributed by atoms with Crippen LogP contribution in [0.25, 0.3) is 10.8 Å². The lowest BCUT2D eigenvalue weighted by Gasteiger charge is -2.27. The first-order chi connectivity index (χ1) is 9.39. The molecule has 0 saturated carbocycles. The Morgan fingerprint density at radius 2 is 1.60 bits per heavy atom. The van der Waals surface area contributed by atoms with Gasteiger partial charge in [0.15, 0.2) is 0 Å². The van der Waals surface area contributed by atoms with Crippen LogP contribution in [0.2, 0.25) is 0 Å². The van der Waals surface area contributed by atoms with Gasteiger partial charge in [-0.05, 0) is 24.1 Å². The largest absolute Gasteiger partial charge is 0.326 e. The zero-order valence-corrected chi connectivity index (χ0v) is 10.5. The fourth-order valence-electron chi connectivity index (χ4n) is 2.22. The summed E-state index contributed by atoms with van der Waals surface area (Å²) in [5.74, 6) is -4.84. The molecule has 0 aliphatic carbocycles. The number of benzene rings is 2. The molecule has 0 spiro atoms. The van der Waals surface area contributed by atoms with Gasteiger partial charge in [0, 0.05) is 5.39 Å². The van der Waals surface area contributed by atoms with Gasteiger partial charge in [-0.1, -0.05) is 30.3 Å². The monoisotopic (exact) mass is 289 g/mol. The Morgan fingerprint density at radius 3 is 2.15 bits per heavy atom. The van der Waals surface area contributed by atoms with Crippen molar-refractivity contribution in [3.05, 3.63) is 47.8 Å². The van der Waals surface area contributed by atoms with Gasteiger partial charge in [-0.15, -0.1) is 0 Å². The van der Waals surface area contributed by atoms with E-state index in [0.29, 0.717) is 0 Å². The van der Waals surface area contributed by atoms with E-state index < -0.39 is 24.2 Å². The topological polar surface area (TPSA) is 12.0 Å². The van der Waals surface area contributed by atoms with Gasteiger partial charge >= 0.3 is 12.3 Å². The molecule has 0 amide bonds. The fourth-order valence-corrected chi connectivity index (χ4v) is 2.22. The van der Waals surface area contributed by atoms with Crippen molar-refractivity contribution >= 4 is 10.8 Å². The summed E-state index contributed by atoms with van der Waals surface area (Å²) in [6.07, 6.45) is -3.82. The molecule has 0 heterocycles. The normalized spacial score (nSPS) is 13.9. The molecule has 0 aliphatic heterocycles. The van der Waals surface area contributed by atoms with Gasteiger partial charge < -0.3 is 5.32 Å². The maximum absolute atomic E-state index is 13.6. The highest BCUT2D eigenvalue weighted by Crippen LogP contribution is 2.39. The van der Waals surface area contributed by atoms with Gasteiger partial charge in [-0.25, -0.2) is 13.2 Å². The number of fused-ring (bicyclic) bond motifs is 1. The quantitative estimate of drug-likeness (QED) is 0.834. The summed E-state index contributed by atoms with van der Waals surface area (Å²) < 4.78 is 66.0. The Hall–Kier alpha value is -1.69. The predicted octanol–water partition coefficient (Wildman–Crippen LogP) is 4.14. The van der Waals surface area contributed by atoms with Crippen molar-refractivity contribution in [3.63, 3.8) is 0 Å². The van der Waals surface area contributed by atoms with Gasteiger partial charge in [-0.3, -0.25) is 0 Å². The van der Waals surface area contributed by atoms with Crippen LogP contribution in [0.1, 0.15) is 11.6 Å². The first-order valence-electron chi connectivity index (χ1n) is 5.90. The second kappa shape index (κ2) is 5.36. The van der Waals surface area contributed by atoms with Crippen molar-refractivity contribution in [3.8, 4) is 0 Å². The summed E-state index contributed by atoms with van der Waals surface area (Å²) in [5, 5.41) is 2.51. The van der Waals surface area contributed by atoms with E-state index in [4.69, 9.17) is 0 Å². The van der Waals surface area contributed by atoms with E-state index in [1.807, 2.05) is 0 Å². The van der Waals surface area contributed by atoms with Crippen LogP contribution in [0.15, 0.2) is 36.4 Å². The van der Waals surface area contributed by atoms with Crippen molar-refractivity contribution in [2.45, 2.75) is 18.4 Å². The van der Waals surface area contributed by atoms with Crippen LogP contribution in [-0.4, -0.2) is 19.4 Å². The van der Waals surface area contributed by atoms with E-state index in [1.165, 1.54) is 19.2 Å². The maximum Gasteiger partial charge on any atom is 0.326 e. The molecule has 0 aliphatic rings. The molecule has 20 heavy (non-hydrogen) atoms. The smallest absolute Gasteiger partial charge is 0.308 e. The lowest BCUT2D eigenvalue weighted by Crippen LogP contribution is -2.41. The molecule has 0 bridgehead atoms. The minimum absolute atomic E-state index is 0.0604. The number of hydrogen-bond donors (Lipinski definition) is 1. The molecule has 1 atom stereocenters. The third kappa shape index (κ3) is 2.35. The second-order valence-electron chi connectivity index (χ2n) is 4.38. The Morgan fingerprint density at radius 1 is 1.00 bits per heavy atom. The van der Waals surface area contributed by atoms with E-state index in [9.17, 15) is 22.0 Å². The van der Waals surface area contributed by atoms with E-state index in [1.54, 1.807) is 12.1 Å². The first kappa shape index (κ1) is 14.7. The SMILES string of the molecule is CNC(c1ccc(F)c2ccccc12)C(F)(F)C(F)F. The summed E-state index contributed by atoms with van der Waals surface area (Å²) >= 11 is 0. The molecule has 2 rings (SSSR count). The molecule has 0 aromatic heterocycles. The minimum Gasteiger partial charge on any atom is -0.308 e. The van der Waals surface area contributed by atoms with Crippen LogP contribution in [0.5, 0.6) is 0 Å². The van der Waals surface area contributed by atoms with Crippen LogP contribution in [-0.2, 0) is 0 Å². The van der Waals surface area contributed by atoms with Crippen molar-refractivity contribution in [1.29, 1.82) is 0 Å². The van der Waals surface area contributed by atoms with Gasteiger partial charge in [0.2, 0.25) is 0 Å². The number of alkyl halides is 4. The Labute approximate surface area is 112 Å². The molecule has 2 aromatic carbocycles. The van der Waals surface area contributed by atoms with Gasteiger partial charge in [0.25, 0.3) is 0 Å². The van der Waals surface area contributed by atoms with Crippen molar-refractivity contribution < 1.29 is 22.0 Å². The fraction of sp³-hybridized carbons (Fsp3) is 0.286. The number of rotatable bonds is 4. The Bertz CT molecular complexity index is 612. The summed E-state index contributed by atoms with van der Waals surface area (Å²) in [6, 6.07) is 6.15. The lowest BCUT2D eigenvalue weighted by atomic mass is 9.94. The summed E-state index contributed by atoms with van der Waals surface area (Å²) in [4.78, 5) is 0. The number of hydrogen-bond acceptors (Lipinski definition) is 1. The van der Waals surface area contributed by atoms with E-state index in [2.05, 4.69) is 5.32 Å². The summed E-state index contributed by atoms with van der Waals surface area (Å²) in [5.41, 5.74) is -0.0604. The van der Waals surface area contributed by atoms with Crippen LogP contribution < -0.4 is 5.32 Å². The standard InChI is InChI=1S/C14H12F5N/c1-20-12(14(18,19)13(16)17)10-6-7-11(15)9-5-3-2-4-8(9)10/h2-7,12-13,20H,1H3. The molecule has 0 saturated heterocycles. The highest BCUT2D eigenvalue weighted by atomic mass is 19.3. The van der Waals surface area contributed by atoms with Crippen LogP contribution in [0, 0.1) is 5.82 Å². The molecule has 1 nitrogen and oxygen atoms in total. The van der Waals surface area contributed by atoms with Crippen LogP contribution in [0.4, 0.5) is 22.0 Å². The second-order valence-corrected chi connectivity index (χ2v) is 4.38. The Balaban J connectivity index is 2.65. The zero-order chi connectivity index (χ0) is 14.9. The van der Waals surface area contributed by atoms with Crippen LogP contribution >= 0.6 is 0 Å². The molecule has 2 aromatic rings. The van der Waals surface area contributed by atoms with Crippen molar-refractivity contribution in [2.24, 2.45) is 0 Å². The maximum atomic E-state index is 13.6. The third-order valence-electron chi connectivity index (χ3n) is 3.18. The third-order valence-corrected chi connectivity index (χ3v) is 3.18. The van der Waals surface area contributed by atoms with Crippen molar-refractivity contribution in [1.82, 2.24) is 5.32 Å². The van der Waals surface area contributed by atoms with E-state index in [0.717, 1.165) is 12.1 Å². The average molecular weight is 289 g/mol. The molecule has 0 radical (unpaired) electrons. The van der Waals surface area contributed by atoms with Gasteiger partial charge in [0.05, 0.1) is 0 Å². The number of halogens is 5. The summed E-state index contributed by atoms with van der Waals surface area (Å²) in [6.45, 7) is 0. The molecule has 1 unspecified atom stereocenters. The van der Waals surface area contributed by atoms with E-state index in [-0.39, 0.29) is 16.3 Å². The first-order valence-corrected chi connectivity index (χ1v) is 5.90. The molecule has 0 fully saturated rings.